The van der Waals surface area contributed by atoms with Crippen LogP contribution in [0.5, 0.6) is 5.75 Å². The summed E-state index contributed by atoms with van der Waals surface area (Å²) in [6.07, 6.45) is 1.32. The third-order valence-electron chi connectivity index (χ3n) is 2.44. The monoisotopic (exact) mass is 275 g/mol. The minimum Gasteiger partial charge on any atom is -0.497 e. The Morgan fingerprint density at radius 3 is 3.11 bits per heavy atom. The largest absolute Gasteiger partial charge is 0.497 e. The summed E-state index contributed by atoms with van der Waals surface area (Å²) in [5, 5.41) is 9.14. The van der Waals surface area contributed by atoms with Gasteiger partial charge in [-0.05, 0) is 18.2 Å². The first kappa shape index (κ1) is 11.6. The van der Waals surface area contributed by atoms with Gasteiger partial charge in [-0.3, -0.25) is 10.1 Å². The summed E-state index contributed by atoms with van der Waals surface area (Å²) in [5.41, 5.74) is 0.758. The van der Waals surface area contributed by atoms with Gasteiger partial charge in [0, 0.05) is 0 Å². The van der Waals surface area contributed by atoms with Crippen molar-refractivity contribution in [3.8, 4) is 5.75 Å². The summed E-state index contributed by atoms with van der Waals surface area (Å²) >= 11 is 1.29. The highest BCUT2D eigenvalue weighted by atomic mass is 32.1. The highest BCUT2D eigenvalue weighted by Crippen LogP contribution is 2.26. The van der Waals surface area contributed by atoms with E-state index in [4.69, 9.17) is 4.74 Å². The summed E-state index contributed by atoms with van der Waals surface area (Å²) < 4.78 is 6.02. The molecule has 3 rings (SSSR count). The van der Waals surface area contributed by atoms with E-state index in [0.29, 0.717) is 11.0 Å². The van der Waals surface area contributed by atoms with Crippen LogP contribution in [0.1, 0.15) is 9.80 Å². The lowest BCUT2D eigenvalue weighted by Gasteiger charge is -1.96. The second-order valence-corrected chi connectivity index (χ2v) is 4.67. The predicted molar refractivity (Wildman–Crippen MR) is 70.5 cm³/mol. The number of aromatic amines is 1. The van der Waals surface area contributed by atoms with Crippen LogP contribution in [0.3, 0.4) is 0 Å². The molecule has 96 valence electrons. The third-order valence-corrected chi connectivity index (χ3v) is 3.45. The van der Waals surface area contributed by atoms with Gasteiger partial charge in [0.15, 0.2) is 5.01 Å². The Balaban J connectivity index is 1.90. The van der Waals surface area contributed by atoms with Crippen LogP contribution in [0.25, 0.3) is 10.2 Å². The molecule has 0 aliphatic heterocycles. The van der Waals surface area contributed by atoms with Gasteiger partial charge in [0.1, 0.15) is 12.1 Å². The molecule has 0 aliphatic carbocycles. The Labute approximate surface area is 111 Å². The topological polar surface area (TPSA) is 92.8 Å². The molecule has 3 aromatic rings. The van der Waals surface area contributed by atoms with Crippen molar-refractivity contribution in [2.24, 2.45) is 0 Å². The number of thiazole rings is 1. The Hall–Kier alpha value is -2.48. The SMILES string of the molecule is COc1ccc2nc(C(=O)Nc3ncn[nH]3)sc2c1. The number of fused-ring (bicyclic) bond motifs is 1. The summed E-state index contributed by atoms with van der Waals surface area (Å²) in [5.74, 6) is 0.706. The van der Waals surface area contributed by atoms with Crippen LogP contribution in [0.15, 0.2) is 24.5 Å². The average Bonchev–Trinajstić information content (AvgIpc) is 3.05. The number of rotatable bonds is 3. The number of amides is 1. The lowest BCUT2D eigenvalue weighted by molar-refractivity contribution is 0.102. The zero-order valence-electron chi connectivity index (χ0n) is 9.88. The van der Waals surface area contributed by atoms with E-state index in [0.717, 1.165) is 16.0 Å². The Kier molecular flexibility index (Phi) is 2.84. The molecule has 0 saturated carbocycles. The van der Waals surface area contributed by atoms with E-state index in [-0.39, 0.29) is 5.91 Å². The number of hydrogen-bond donors (Lipinski definition) is 2. The second kappa shape index (κ2) is 4.65. The highest BCUT2D eigenvalue weighted by molar-refractivity contribution is 7.20. The molecule has 1 aromatic carbocycles. The molecule has 0 aliphatic rings. The molecule has 0 saturated heterocycles. The van der Waals surface area contributed by atoms with Crippen LogP contribution in [0.4, 0.5) is 5.95 Å². The molecule has 19 heavy (non-hydrogen) atoms. The Bertz CT molecular complexity index is 722. The first-order valence-corrected chi connectivity index (χ1v) is 6.19. The molecule has 0 unspecified atom stereocenters. The maximum atomic E-state index is 12.0. The number of methoxy groups -OCH3 is 1. The molecule has 0 radical (unpaired) electrons. The summed E-state index contributed by atoms with van der Waals surface area (Å²) in [6.45, 7) is 0. The molecule has 2 aromatic heterocycles. The number of carbonyl (C=O) groups excluding carboxylic acids is 1. The number of nitrogens with one attached hydrogen (secondary N) is 2. The minimum atomic E-state index is -0.322. The number of aromatic nitrogens is 4. The number of ether oxygens (including phenoxy) is 1. The van der Waals surface area contributed by atoms with Gasteiger partial charge in [0.2, 0.25) is 5.95 Å². The number of nitrogens with zero attached hydrogens (tertiary/aromatic N) is 3. The lowest BCUT2D eigenvalue weighted by Crippen LogP contribution is -2.12. The maximum Gasteiger partial charge on any atom is 0.287 e. The van der Waals surface area contributed by atoms with Crippen LogP contribution >= 0.6 is 11.3 Å². The van der Waals surface area contributed by atoms with Crippen LogP contribution in [-0.4, -0.2) is 33.2 Å². The second-order valence-electron chi connectivity index (χ2n) is 3.64. The van der Waals surface area contributed by atoms with Crippen molar-refractivity contribution in [3.05, 3.63) is 29.5 Å². The van der Waals surface area contributed by atoms with E-state index < -0.39 is 0 Å². The molecule has 1 amide bonds. The van der Waals surface area contributed by atoms with Gasteiger partial charge in [-0.15, -0.1) is 11.3 Å². The average molecular weight is 275 g/mol. The molecule has 0 atom stereocenters. The van der Waals surface area contributed by atoms with Gasteiger partial charge < -0.3 is 4.74 Å². The number of H-pyrrole nitrogens is 1. The third kappa shape index (κ3) is 2.25. The van der Waals surface area contributed by atoms with Crippen molar-refractivity contribution in [2.75, 3.05) is 12.4 Å². The summed E-state index contributed by atoms with van der Waals surface area (Å²) in [6, 6.07) is 5.47. The van der Waals surface area contributed by atoms with Crippen LogP contribution in [0, 0.1) is 0 Å². The van der Waals surface area contributed by atoms with Gasteiger partial charge in [-0.2, -0.15) is 10.1 Å². The van der Waals surface area contributed by atoms with Gasteiger partial charge in [0.25, 0.3) is 5.91 Å². The molecule has 8 heteroatoms. The standard InChI is InChI=1S/C11H9N5O2S/c1-18-6-2-3-7-8(4-6)19-10(14-7)9(17)15-11-12-5-13-16-11/h2-5H,1H3,(H2,12,13,15,16,17). The first-order valence-electron chi connectivity index (χ1n) is 5.37. The molecule has 0 fully saturated rings. The lowest BCUT2D eigenvalue weighted by atomic mass is 10.3. The first-order chi connectivity index (χ1) is 9.26. The van der Waals surface area contributed by atoms with Crippen molar-refractivity contribution in [2.45, 2.75) is 0 Å². The molecule has 0 bridgehead atoms. The highest BCUT2D eigenvalue weighted by Gasteiger charge is 2.13. The number of hydrogen-bond acceptors (Lipinski definition) is 6. The Morgan fingerprint density at radius 2 is 2.37 bits per heavy atom. The van der Waals surface area contributed by atoms with E-state index in [1.54, 1.807) is 13.2 Å². The van der Waals surface area contributed by atoms with E-state index in [2.05, 4.69) is 25.5 Å². The van der Waals surface area contributed by atoms with Gasteiger partial charge in [-0.1, -0.05) is 0 Å². The van der Waals surface area contributed by atoms with Crippen LogP contribution < -0.4 is 10.1 Å². The summed E-state index contributed by atoms with van der Waals surface area (Å²) in [4.78, 5) is 20.0. The molecule has 0 spiro atoms. The zero-order chi connectivity index (χ0) is 13.2. The van der Waals surface area contributed by atoms with Gasteiger partial charge >= 0.3 is 0 Å². The molecular formula is C11H9N5O2S. The fraction of sp³-hybridized carbons (Fsp3) is 0.0909. The van der Waals surface area contributed by atoms with E-state index in [9.17, 15) is 4.79 Å². The van der Waals surface area contributed by atoms with E-state index in [1.807, 2.05) is 12.1 Å². The fourth-order valence-corrected chi connectivity index (χ4v) is 2.45. The van der Waals surface area contributed by atoms with Crippen molar-refractivity contribution in [1.29, 1.82) is 0 Å². The van der Waals surface area contributed by atoms with Gasteiger partial charge in [0.05, 0.1) is 17.3 Å². The van der Waals surface area contributed by atoms with Crippen molar-refractivity contribution >= 4 is 33.4 Å². The molecule has 7 nitrogen and oxygen atoms in total. The number of carbonyl (C=O) groups is 1. The van der Waals surface area contributed by atoms with E-state index in [1.165, 1.54) is 17.7 Å². The molecular weight excluding hydrogens is 266 g/mol. The normalized spacial score (nSPS) is 10.6. The Morgan fingerprint density at radius 1 is 1.47 bits per heavy atom. The molecule has 2 heterocycles. The smallest absolute Gasteiger partial charge is 0.287 e. The van der Waals surface area contributed by atoms with Crippen LogP contribution in [-0.2, 0) is 0 Å². The molecule has 2 N–H and O–H groups in total. The van der Waals surface area contributed by atoms with Crippen molar-refractivity contribution in [1.82, 2.24) is 20.2 Å². The van der Waals surface area contributed by atoms with Crippen LogP contribution in [0.2, 0.25) is 0 Å². The van der Waals surface area contributed by atoms with E-state index >= 15 is 0 Å². The van der Waals surface area contributed by atoms with Crippen molar-refractivity contribution < 1.29 is 9.53 Å². The predicted octanol–water partition coefficient (Wildman–Crippen LogP) is 1.68. The zero-order valence-corrected chi connectivity index (χ0v) is 10.7. The maximum absolute atomic E-state index is 12.0. The fourth-order valence-electron chi connectivity index (χ4n) is 1.56. The van der Waals surface area contributed by atoms with Gasteiger partial charge in [-0.25, -0.2) is 10.1 Å². The quantitative estimate of drug-likeness (QED) is 0.758. The summed E-state index contributed by atoms with van der Waals surface area (Å²) in [7, 11) is 1.60. The number of benzene rings is 1. The minimum absolute atomic E-state index is 0.293. The van der Waals surface area contributed by atoms with Crippen molar-refractivity contribution in [3.63, 3.8) is 0 Å². The number of anilines is 1.